The minimum Gasteiger partial charge on any atom is -0.497 e. The lowest BCUT2D eigenvalue weighted by atomic mass is 9.98. The molecule has 0 saturated carbocycles. The lowest BCUT2D eigenvalue weighted by molar-refractivity contribution is 0.102. The highest BCUT2D eigenvalue weighted by atomic mass is 32.1. The van der Waals surface area contributed by atoms with E-state index >= 15 is 0 Å². The number of nitrogens with zero attached hydrogens (tertiary/aromatic N) is 1. The van der Waals surface area contributed by atoms with E-state index in [1.165, 1.54) is 11.3 Å². The first-order valence-corrected chi connectivity index (χ1v) is 11.8. The fourth-order valence-corrected chi connectivity index (χ4v) is 4.93. The van der Waals surface area contributed by atoms with Gasteiger partial charge in [0.05, 0.1) is 25.5 Å². The maximum absolute atomic E-state index is 13.4. The van der Waals surface area contributed by atoms with E-state index < -0.39 is 0 Å². The number of amides is 1. The minimum absolute atomic E-state index is 0.289. The largest absolute Gasteiger partial charge is 0.497 e. The van der Waals surface area contributed by atoms with E-state index in [-0.39, 0.29) is 5.91 Å². The number of benzene rings is 3. The third kappa shape index (κ3) is 4.41. The number of rotatable bonds is 6. The van der Waals surface area contributed by atoms with Crippen LogP contribution in [0.25, 0.3) is 32.6 Å². The summed E-state index contributed by atoms with van der Waals surface area (Å²) in [5.74, 6) is 1.18. The van der Waals surface area contributed by atoms with Gasteiger partial charge >= 0.3 is 0 Å². The normalized spacial score (nSPS) is 10.8. The molecule has 5 aromatic rings. The zero-order valence-electron chi connectivity index (χ0n) is 19.2. The third-order valence-corrected chi connectivity index (χ3v) is 6.65. The van der Waals surface area contributed by atoms with Crippen LogP contribution in [-0.2, 0) is 0 Å². The number of carbonyl (C=O) groups is 1. The van der Waals surface area contributed by atoms with Crippen molar-refractivity contribution in [3.63, 3.8) is 0 Å². The number of anilines is 2. The Bertz CT molecular complexity index is 1500. The molecule has 3 aromatic carbocycles. The van der Waals surface area contributed by atoms with Crippen molar-refractivity contribution in [3.8, 4) is 33.9 Å². The van der Waals surface area contributed by atoms with E-state index in [2.05, 4.69) is 5.32 Å². The Balaban J connectivity index is 1.66. The molecule has 6 nitrogen and oxygen atoms in total. The van der Waals surface area contributed by atoms with Crippen molar-refractivity contribution in [1.82, 2.24) is 4.98 Å². The van der Waals surface area contributed by atoms with E-state index in [0.29, 0.717) is 26.8 Å². The standard InChI is InChI=1S/C28H23N3O3S/c1-33-20-12-8-17(9-13-20)22-16-23(18-6-4-3-5-7-18)31-28-24(22)25(26(29)35-28)27(32)30-19-10-14-21(34-2)15-11-19/h3-16H,29H2,1-2H3,(H,30,32). The summed E-state index contributed by atoms with van der Waals surface area (Å²) in [5.41, 5.74) is 11.1. The van der Waals surface area contributed by atoms with E-state index in [0.717, 1.165) is 33.5 Å². The highest BCUT2D eigenvalue weighted by molar-refractivity contribution is 7.22. The molecule has 0 aliphatic rings. The van der Waals surface area contributed by atoms with Crippen molar-refractivity contribution in [1.29, 1.82) is 0 Å². The predicted molar refractivity (Wildman–Crippen MR) is 142 cm³/mol. The molecule has 2 heterocycles. The van der Waals surface area contributed by atoms with Gasteiger partial charge in [-0.1, -0.05) is 53.8 Å². The first kappa shape index (κ1) is 22.4. The maximum atomic E-state index is 13.4. The van der Waals surface area contributed by atoms with Crippen LogP contribution in [-0.4, -0.2) is 25.1 Å². The third-order valence-electron chi connectivity index (χ3n) is 5.73. The summed E-state index contributed by atoms with van der Waals surface area (Å²) in [7, 11) is 3.23. The van der Waals surface area contributed by atoms with Crippen molar-refractivity contribution in [2.75, 3.05) is 25.3 Å². The van der Waals surface area contributed by atoms with Crippen LogP contribution in [0.2, 0.25) is 0 Å². The summed E-state index contributed by atoms with van der Waals surface area (Å²) in [4.78, 5) is 19.0. The second kappa shape index (κ2) is 9.48. The van der Waals surface area contributed by atoms with Crippen LogP contribution in [0.3, 0.4) is 0 Å². The number of ether oxygens (including phenoxy) is 2. The fourth-order valence-electron chi connectivity index (χ4n) is 3.96. The van der Waals surface area contributed by atoms with Crippen LogP contribution in [0.15, 0.2) is 84.9 Å². The second-order valence-corrected chi connectivity index (χ2v) is 8.88. The lowest BCUT2D eigenvalue weighted by Gasteiger charge is -2.11. The molecule has 0 aliphatic carbocycles. The van der Waals surface area contributed by atoms with Gasteiger partial charge in [0.25, 0.3) is 5.91 Å². The lowest BCUT2D eigenvalue weighted by Crippen LogP contribution is -2.13. The molecule has 35 heavy (non-hydrogen) atoms. The van der Waals surface area contributed by atoms with Gasteiger partial charge in [0.2, 0.25) is 0 Å². The van der Waals surface area contributed by atoms with Gasteiger partial charge in [0.1, 0.15) is 21.3 Å². The predicted octanol–water partition coefficient (Wildman–Crippen LogP) is 6.48. The molecule has 0 unspecified atom stereocenters. The molecule has 0 aliphatic heterocycles. The molecule has 0 bridgehead atoms. The molecule has 7 heteroatoms. The topological polar surface area (TPSA) is 86.5 Å². The van der Waals surface area contributed by atoms with Gasteiger partial charge in [-0.2, -0.15) is 0 Å². The Hall–Kier alpha value is -4.36. The Morgan fingerprint density at radius 3 is 2.11 bits per heavy atom. The van der Waals surface area contributed by atoms with Gasteiger partial charge < -0.3 is 20.5 Å². The highest BCUT2D eigenvalue weighted by Gasteiger charge is 2.23. The van der Waals surface area contributed by atoms with Crippen molar-refractivity contribution in [3.05, 3.63) is 90.5 Å². The van der Waals surface area contributed by atoms with Crippen molar-refractivity contribution in [2.24, 2.45) is 0 Å². The number of hydrogen-bond acceptors (Lipinski definition) is 6. The van der Waals surface area contributed by atoms with Gasteiger partial charge in [0, 0.05) is 16.6 Å². The number of methoxy groups -OCH3 is 2. The zero-order chi connectivity index (χ0) is 24.4. The Kier molecular flexibility index (Phi) is 6.08. The van der Waals surface area contributed by atoms with E-state index in [4.69, 9.17) is 20.2 Å². The summed E-state index contributed by atoms with van der Waals surface area (Å²) in [6.07, 6.45) is 0. The number of nitrogens with one attached hydrogen (secondary N) is 1. The number of carbonyl (C=O) groups excluding carboxylic acids is 1. The summed E-state index contributed by atoms with van der Waals surface area (Å²) in [5, 5.41) is 4.10. The Morgan fingerprint density at radius 1 is 0.857 bits per heavy atom. The number of hydrogen-bond donors (Lipinski definition) is 2. The molecule has 0 radical (unpaired) electrons. The molecule has 5 rings (SSSR count). The number of aromatic nitrogens is 1. The molecule has 1 amide bonds. The zero-order valence-corrected chi connectivity index (χ0v) is 20.1. The smallest absolute Gasteiger partial charge is 0.259 e. The Morgan fingerprint density at radius 2 is 1.49 bits per heavy atom. The van der Waals surface area contributed by atoms with E-state index in [1.54, 1.807) is 38.5 Å². The summed E-state index contributed by atoms with van der Waals surface area (Å²) < 4.78 is 10.5. The SMILES string of the molecule is COc1ccc(NC(=O)c2c(N)sc3nc(-c4ccccc4)cc(-c4ccc(OC)cc4)c23)cc1. The molecule has 2 aromatic heterocycles. The average molecular weight is 482 g/mol. The van der Waals surface area contributed by atoms with Crippen molar-refractivity contribution < 1.29 is 14.3 Å². The van der Waals surface area contributed by atoms with Crippen LogP contribution >= 0.6 is 11.3 Å². The molecular formula is C28H23N3O3S. The summed E-state index contributed by atoms with van der Waals surface area (Å²) in [6, 6.07) is 26.9. The quantitative estimate of drug-likeness (QED) is 0.290. The molecule has 0 saturated heterocycles. The minimum atomic E-state index is -0.289. The first-order valence-electron chi connectivity index (χ1n) is 11.0. The van der Waals surface area contributed by atoms with Crippen LogP contribution in [0.4, 0.5) is 10.7 Å². The van der Waals surface area contributed by atoms with Crippen LogP contribution in [0, 0.1) is 0 Å². The molecule has 174 valence electrons. The monoisotopic (exact) mass is 481 g/mol. The number of nitrogens with two attached hydrogens (primary N) is 1. The number of pyridine rings is 1. The van der Waals surface area contributed by atoms with Gasteiger partial charge in [-0.05, 0) is 53.6 Å². The molecule has 3 N–H and O–H groups in total. The van der Waals surface area contributed by atoms with Gasteiger partial charge in [0.15, 0.2) is 0 Å². The molecule has 0 atom stereocenters. The maximum Gasteiger partial charge on any atom is 0.259 e. The second-order valence-electron chi connectivity index (χ2n) is 7.85. The van der Waals surface area contributed by atoms with Gasteiger partial charge in [-0.3, -0.25) is 4.79 Å². The number of nitrogen functional groups attached to an aromatic ring is 1. The van der Waals surface area contributed by atoms with Crippen molar-refractivity contribution in [2.45, 2.75) is 0 Å². The van der Waals surface area contributed by atoms with Crippen molar-refractivity contribution >= 4 is 38.1 Å². The highest BCUT2D eigenvalue weighted by Crippen LogP contribution is 2.41. The van der Waals surface area contributed by atoms with Gasteiger partial charge in [-0.15, -0.1) is 0 Å². The van der Waals surface area contributed by atoms with E-state index in [1.807, 2.05) is 60.7 Å². The molecular weight excluding hydrogens is 458 g/mol. The summed E-state index contributed by atoms with van der Waals surface area (Å²) in [6.45, 7) is 0. The first-order chi connectivity index (χ1) is 17.1. The fraction of sp³-hybridized carbons (Fsp3) is 0.0714. The van der Waals surface area contributed by atoms with Crippen LogP contribution < -0.4 is 20.5 Å². The Labute approximate surface area is 207 Å². The molecule has 0 fully saturated rings. The van der Waals surface area contributed by atoms with Crippen LogP contribution in [0.1, 0.15) is 10.4 Å². The average Bonchev–Trinajstić information content (AvgIpc) is 3.25. The number of fused-ring (bicyclic) bond motifs is 1. The molecule has 0 spiro atoms. The van der Waals surface area contributed by atoms with Crippen LogP contribution in [0.5, 0.6) is 11.5 Å². The summed E-state index contributed by atoms with van der Waals surface area (Å²) >= 11 is 1.31. The van der Waals surface area contributed by atoms with E-state index in [9.17, 15) is 4.79 Å². The number of thiophene rings is 1. The van der Waals surface area contributed by atoms with Gasteiger partial charge in [-0.25, -0.2) is 4.98 Å².